The Morgan fingerprint density at radius 2 is 2.25 bits per heavy atom. The van der Waals surface area contributed by atoms with Gasteiger partial charge in [0.15, 0.2) is 6.29 Å². The lowest BCUT2D eigenvalue weighted by atomic mass is 10.3. The molecule has 0 N–H and O–H groups in total. The Hall–Kier alpha value is -1.57. The summed E-state index contributed by atoms with van der Waals surface area (Å²) in [6.07, 6.45) is 2.77. The van der Waals surface area contributed by atoms with Crippen LogP contribution in [0.5, 0.6) is 0 Å². The first-order valence-corrected chi connectivity index (χ1v) is 3.85. The normalized spacial score (nSPS) is 10.4. The zero-order valence-electron chi connectivity index (χ0n) is 6.82. The number of fused-ring (bicyclic) bond motifs is 1. The number of aryl methyl sites for hydroxylation is 1. The number of hydrogen-bond donors (Lipinski definition) is 0. The third-order valence-corrected chi connectivity index (χ3v) is 2.03. The molecule has 60 valence electrons. The van der Waals surface area contributed by atoms with Crippen LogP contribution in [0.1, 0.15) is 16.1 Å². The second-order valence-corrected chi connectivity index (χ2v) is 2.83. The van der Waals surface area contributed by atoms with Crippen molar-refractivity contribution in [2.75, 3.05) is 0 Å². The van der Waals surface area contributed by atoms with Crippen LogP contribution in [0, 0.1) is 6.92 Å². The molecule has 0 bridgehead atoms. The smallest absolute Gasteiger partial charge is 0.166 e. The summed E-state index contributed by atoms with van der Waals surface area (Å²) in [5, 5.41) is 0. The molecule has 0 unspecified atom stereocenters. The molecule has 2 aromatic heterocycles. The predicted molar refractivity (Wildman–Crippen MR) is 47.5 cm³/mol. The van der Waals surface area contributed by atoms with Crippen molar-refractivity contribution in [2.24, 2.45) is 0 Å². The van der Waals surface area contributed by atoms with Gasteiger partial charge < -0.3 is 4.40 Å². The molecule has 0 aliphatic heterocycles. The second-order valence-electron chi connectivity index (χ2n) is 2.83. The summed E-state index contributed by atoms with van der Waals surface area (Å²) >= 11 is 0. The molecule has 0 amide bonds. The minimum Gasteiger partial charge on any atom is -0.314 e. The average Bonchev–Trinajstić information content (AvgIpc) is 2.44. The van der Waals surface area contributed by atoms with E-state index in [-0.39, 0.29) is 0 Å². The highest BCUT2D eigenvalue weighted by Gasteiger charge is 2.02. The van der Waals surface area contributed by atoms with Gasteiger partial charge in [-0.05, 0) is 30.7 Å². The maximum absolute atomic E-state index is 10.6. The van der Waals surface area contributed by atoms with E-state index in [0.29, 0.717) is 5.69 Å². The molecule has 2 heteroatoms. The number of hydrogen-bond acceptors (Lipinski definition) is 1. The van der Waals surface area contributed by atoms with Gasteiger partial charge in [0.1, 0.15) is 0 Å². The standard InChI is InChI=1S/C10H9NO/c1-8-6-9(7-12)11-5-3-2-4-10(8)11/h2-7H,1H3. The van der Waals surface area contributed by atoms with Crippen molar-refractivity contribution in [1.29, 1.82) is 0 Å². The number of carbonyl (C=O) groups excluding carboxylic acids is 1. The van der Waals surface area contributed by atoms with Crippen LogP contribution in [0.3, 0.4) is 0 Å². The minimum atomic E-state index is 0.711. The molecule has 2 nitrogen and oxygen atoms in total. The van der Waals surface area contributed by atoms with E-state index >= 15 is 0 Å². The van der Waals surface area contributed by atoms with E-state index in [1.54, 1.807) is 0 Å². The lowest BCUT2D eigenvalue weighted by Gasteiger charge is -1.94. The summed E-state index contributed by atoms with van der Waals surface area (Å²) in [6, 6.07) is 7.78. The third kappa shape index (κ3) is 0.848. The molecule has 0 aliphatic rings. The van der Waals surface area contributed by atoms with Crippen LogP contribution in [0.25, 0.3) is 5.52 Å². The molecular formula is C10H9NO. The fraction of sp³-hybridized carbons (Fsp3) is 0.100. The van der Waals surface area contributed by atoms with Crippen molar-refractivity contribution in [3.63, 3.8) is 0 Å². The van der Waals surface area contributed by atoms with Crippen molar-refractivity contribution in [3.8, 4) is 0 Å². The van der Waals surface area contributed by atoms with Crippen molar-refractivity contribution in [1.82, 2.24) is 4.40 Å². The maximum atomic E-state index is 10.6. The summed E-state index contributed by atoms with van der Waals surface area (Å²) in [5.41, 5.74) is 2.94. The zero-order chi connectivity index (χ0) is 8.55. The van der Waals surface area contributed by atoms with Crippen LogP contribution in [0.4, 0.5) is 0 Å². The van der Waals surface area contributed by atoms with E-state index < -0.39 is 0 Å². The fourth-order valence-corrected chi connectivity index (χ4v) is 1.45. The van der Waals surface area contributed by atoms with Crippen LogP contribution in [0.15, 0.2) is 30.5 Å². The van der Waals surface area contributed by atoms with E-state index in [9.17, 15) is 4.79 Å². The topological polar surface area (TPSA) is 21.5 Å². The first-order chi connectivity index (χ1) is 5.83. The molecule has 2 heterocycles. The van der Waals surface area contributed by atoms with Gasteiger partial charge in [-0.2, -0.15) is 0 Å². The first-order valence-electron chi connectivity index (χ1n) is 3.85. The molecule has 2 aromatic rings. The van der Waals surface area contributed by atoms with Crippen LogP contribution < -0.4 is 0 Å². The Balaban J connectivity index is 2.91. The summed E-state index contributed by atoms with van der Waals surface area (Å²) in [7, 11) is 0. The average molecular weight is 159 g/mol. The maximum Gasteiger partial charge on any atom is 0.166 e. The van der Waals surface area contributed by atoms with Gasteiger partial charge in [0.05, 0.1) is 5.69 Å². The second kappa shape index (κ2) is 2.48. The van der Waals surface area contributed by atoms with E-state index in [2.05, 4.69) is 0 Å². The fourth-order valence-electron chi connectivity index (χ4n) is 1.45. The van der Waals surface area contributed by atoms with Crippen molar-refractivity contribution >= 4 is 11.8 Å². The number of aromatic nitrogens is 1. The van der Waals surface area contributed by atoms with E-state index in [1.807, 2.05) is 41.8 Å². The van der Waals surface area contributed by atoms with Crippen molar-refractivity contribution in [2.45, 2.75) is 6.92 Å². The molecule has 12 heavy (non-hydrogen) atoms. The van der Waals surface area contributed by atoms with E-state index in [1.165, 1.54) is 0 Å². The Kier molecular flexibility index (Phi) is 1.47. The highest BCUT2D eigenvalue weighted by molar-refractivity contribution is 5.77. The molecule has 0 aliphatic carbocycles. The van der Waals surface area contributed by atoms with Gasteiger partial charge in [0, 0.05) is 11.7 Å². The van der Waals surface area contributed by atoms with Crippen molar-refractivity contribution < 1.29 is 4.79 Å². The van der Waals surface area contributed by atoms with E-state index in [0.717, 1.165) is 17.4 Å². The molecule has 0 aromatic carbocycles. The van der Waals surface area contributed by atoms with Gasteiger partial charge in [0.25, 0.3) is 0 Å². The summed E-state index contributed by atoms with van der Waals surface area (Å²) < 4.78 is 1.89. The predicted octanol–water partition coefficient (Wildman–Crippen LogP) is 2.06. The molecule has 0 spiro atoms. The largest absolute Gasteiger partial charge is 0.314 e. The van der Waals surface area contributed by atoms with Gasteiger partial charge in [0.2, 0.25) is 0 Å². The lowest BCUT2D eigenvalue weighted by molar-refractivity contribution is 0.111. The molecule has 0 radical (unpaired) electrons. The monoisotopic (exact) mass is 159 g/mol. The minimum absolute atomic E-state index is 0.711. The van der Waals surface area contributed by atoms with Gasteiger partial charge in [-0.25, -0.2) is 0 Å². The number of rotatable bonds is 1. The van der Waals surface area contributed by atoms with E-state index in [4.69, 9.17) is 0 Å². The Labute approximate surface area is 70.4 Å². The van der Waals surface area contributed by atoms with Gasteiger partial charge >= 0.3 is 0 Å². The highest BCUT2D eigenvalue weighted by Crippen LogP contribution is 2.13. The first kappa shape index (κ1) is 7.10. The molecular weight excluding hydrogens is 150 g/mol. The highest BCUT2D eigenvalue weighted by atomic mass is 16.1. The van der Waals surface area contributed by atoms with Crippen LogP contribution in [-0.4, -0.2) is 10.7 Å². The molecule has 2 rings (SSSR count). The zero-order valence-corrected chi connectivity index (χ0v) is 6.82. The molecule has 0 atom stereocenters. The number of nitrogens with zero attached hydrogens (tertiary/aromatic N) is 1. The Bertz CT molecular complexity index is 428. The van der Waals surface area contributed by atoms with Crippen LogP contribution >= 0.6 is 0 Å². The van der Waals surface area contributed by atoms with Crippen molar-refractivity contribution in [3.05, 3.63) is 41.7 Å². The Morgan fingerprint density at radius 3 is 3.00 bits per heavy atom. The number of pyridine rings is 1. The summed E-state index contributed by atoms with van der Waals surface area (Å²) in [5.74, 6) is 0. The quantitative estimate of drug-likeness (QED) is 0.583. The summed E-state index contributed by atoms with van der Waals surface area (Å²) in [4.78, 5) is 10.6. The van der Waals surface area contributed by atoms with Gasteiger partial charge in [-0.1, -0.05) is 6.07 Å². The Morgan fingerprint density at radius 1 is 1.42 bits per heavy atom. The summed E-state index contributed by atoms with van der Waals surface area (Å²) in [6.45, 7) is 2.00. The van der Waals surface area contributed by atoms with Crippen LogP contribution in [-0.2, 0) is 0 Å². The SMILES string of the molecule is Cc1cc(C=O)n2ccccc12. The van der Waals surface area contributed by atoms with Gasteiger partial charge in [-0.3, -0.25) is 4.79 Å². The number of aldehydes is 1. The van der Waals surface area contributed by atoms with Gasteiger partial charge in [-0.15, -0.1) is 0 Å². The number of carbonyl (C=O) groups is 1. The third-order valence-electron chi connectivity index (χ3n) is 2.03. The molecule has 0 fully saturated rings. The molecule has 0 saturated carbocycles. The lowest BCUT2D eigenvalue weighted by Crippen LogP contribution is -1.87. The molecule has 0 saturated heterocycles. The van der Waals surface area contributed by atoms with Crippen LogP contribution in [0.2, 0.25) is 0 Å².